The van der Waals surface area contributed by atoms with Crippen LogP contribution in [0.2, 0.25) is 0 Å². The van der Waals surface area contributed by atoms with E-state index < -0.39 is 0 Å². The minimum atomic E-state index is -0.308. The first-order chi connectivity index (χ1) is 12.0. The molecular formula is C21H24N2O2. The fourth-order valence-corrected chi connectivity index (χ4v) is 3.49. The van der Waals surface area contributed by atoms with E-state index >= 15 is 0 Å². The van der Waals surface area contributed by atoms with Crippen LogP contribution in [0.5, 0.6) is 0 Å². The highest BCUT2D eigenvalue weighted by atomic mass is 16.2. The first kappa shape index (κ1) is 17.2. The molecule has 2 aromatic carbocycles. The molecule has 1 heterocycles. The van der Waals surface area contributed by atoms with E-state index in [0.29, 0.717) is 6.54 Å². The number of benzene rings is 2. The Morgan fingerprint density at radius 2 is 1.72 bits per heavy atom. The van der Waals surface area contributed by atoms with Gasteiger partial charge in [0.05, 0.1) is 12.0 Å². The Balaban J connectivity index is 1.71. The average Bonchev–Trinajstić information content (AvgIpc) is 2.97. The Morgan fingerprint density at radius 3 is 2.36 bits per heavy atom. The molecule has 0 spiro atoms. The summed E-state index contributed by atoms with van der Waals surface area (Å²) < 4.78 is 0. The zero-order valence-corrected chi connectivity index (χ0v) is 15.0. The number of carbonyl (C=O) groups excluding carboxylic acids is 2. The van der Waals surface area contributed by atoms with Gasteiger partial charge in [0.15, 0.2) is 0 Å². The van der Waals surface area contributed by atoms with E-state index in [2.05, 4.69) is 5.32 Å². The molecule has 0 saturated carbocycles. The van der Waals surface area contributed by atoms with Crippen LogP contribution >= 0.6 is 0 Å². The summed E-state index contributed by atoms with van der Waals surface area (Å²) >= 11 is 0. The van der Waals surface area contributed by atoms with Crippen LogP contribution in [0.3, 0.4) is 0 Å². The van der Waals surface area contributed by atoms with Gasteiger partial charge in [-0.25, -0.2) is 0 Å². The molecule has 0 aliphatic carbocycles. The molecule has 130 valence electrons. The van der Waals surface area contributed by atoms with Crippen molar-refractivity contribution in [1.82, 2.24) is 5.32 Å². The van der Waals surface area contributed by atoms with E-state index in [1.165, 1.54) is 0 Å². The van der Waals surface area contributed by atoms with E-state index in [4.69, 9.17) is 0 Å². The number of carbonyl (C=O) groups is 2. The first-order valence-corrected chi connectivity index (χ1v) is 8.69. The number of aryl methyl sites for hydroxylation is 2. The normalized spacial score (nSPS) is 18.3. The van der Waals surface area contributed by atoms with Gasteiger partial charge in [0.25, 0.3) is 0 Å². The smallest absolute Gasteiger partial charge is 0.227 e. The molecular weight excluding hydrogens is 312 g/mol. The van der Waals surface area contributed by atoms with Crippen molar-refractivity contribution >= 4 is 17.5 Å². The maximum Gasteiger partial charge on any atom is 0.227 e. The van der Waals surface area contributed by atoms with Crippen molar-refractivity contribution in [3.63, 3.8) is 0 Å². The molecule has 2 amide bonds. The van der Waals surface area contributed by atoms with Crippen molar-refractivity contribution in [2.45, 2.75) is 33.2 Å². The lowest BCUT2D eigenvalue weighted by atomic mass is 10.0. The van der Waals surface area contributed by atoms with Gasteiger partial charge < -0.3 is 10.2 Å². The Bertz CT molecular complexity index is 765. The summed E-state index contributed by atoms with van der Waals surface area (Å²) in [6.45, 7) is 6.41. The van der Waals surface area contributed by atoms with Crippen molar-refractivity contribution in [2.24, 2.45) is 5.92 Å². The van der Waals surface area contributed by atoms with Gasteiger partial charge in [-0.1, -0.05) is 48.5 Å². The lowest BCUT2D eigenvalue weighted by molar-refractivity contribution is -0.126. The fourth-order valence-electron chi connectivity index (χ4n) is 3.49. The fraction of sp³-hybridized carbons (Fsp3) is 0.333. The molecule has 4 heteroatoms. The summed E-state index contributed by atoms with van der Waals surface area (Å²) in [4.78, 5) is 26.9. The molecule has 0 radical (unpaired) electrons. The van der Waals surface area contributed by atoms with Crippen LogP contribution in [0.25, 0.3) is 0 Å². The zero-order chi connectivity index (χ0) is 18.0. The molecule has 0 aromatic heterocycles. The molecule has 2 unspecified atom stereocenters. The van der Waals surface area contributed by atoms with Crippen LogP contribution in [-0.2, 0) is 9.59 Å². The summed E-state index contributed by atoms with van der Waals surface area (Å²) in [7, 11) is 0. The van der Waals surface area contributed by atoms with Gasteiger partial charge in [-0.05, 0) is 37.5 Å². The van der Waals surface area contributed by atoms with E-state index in [9.17, 15) is 9.59 Å². The molecule has 25 heavy (non-hydrogen) atoms. The maximum atomic E-state index is 12.6. The average molecular weight is 336 g/mol. The minimum absolute atomic E-state index is 0.0184. The topological polar surface area (TPSA) is 49.4 Å². The van der Waals surface area contributed by atoms with Gasteiger partial charge in [-0.2, -0.15) is 0 Å². The van der Waals surface area contributed by atoms with Gasteiger partial charge in [0, 0.05) is 18.7 Å². The Kier molecular flexibility index (Phi) is 4.88. The van der Waals surface area contributed by atoms with E-state index in [0.717, 1.165) is 22.4 Å². The SMILES string of the molecule is Cc1cccc(C)c1N1CC(C(=O)NC(C)c2ccccc2)CC1=O. The third-order valence-electron chi connectivity index (χ3n) is 4.86. The van der Waals surface area contributed by atoms with Crippen molar-refractivity contribution in [3.8, 4) is 0 Å². The lowest BCUT2D eigenvalue weighted by Crippen LogP contribution is -2.34. The minimum Gasteiger partial charge on any atom is -0.349 e. The number of amides is 2. The van der Waals surface area contributed by atoms with Crippen molar-refractivity contribution in [2.75, 3.05) is 11.4 Å². The van der Waals surface area contributed by atoms with E-state index in [1.807, 2.05) is 69.3 Å². The van der Waals surface area contributed by atoms with Gasteiger partial charge >= 0.3 is 0 Å². The largest absolute Gasteiger partial charge is 0.349 e. The number of nitrogens with one attached hydrogen (secondary N) is 1. The summed E-state index contributed by atoms with van der Waals surface area (Å²) in [6.07, 6.45) is 0.265. The molecule has 1 N–H and O–H groups in total. The standard InChI is InChI=1S/C21H24N2O2/c1-14-8-7-9-15(2)20(14)23-13-18(12-19(23)24)21(25)22-16(3)17-10-5-4-6-11-17/h4-11,16,18H,12-13H2,1-3H3,(H,22,25). The first-order valence-electron chi connectivity index (χ1n) is 8.69. The van der Waals surface area contributed by atoms with Crippen molar-refractivity contribution in [3.05, 3.63) is 65.2 Å². The molecule has 1 aliphatic rings. The third-order valence-corrected chi connectivity index (χ3v) is 4.86. The van der Waals surface area contributed by atoms with Crippen LogP contribution in [0.4, 0.5) is 5.69 Å². The van der Waals surface area contributed by atoms with Crippen LogP contribution in [0.1, 0.15) is 36.1 Å². The number of hydrogen-bond acceptors (Lipinski definition) is 2. The molecule has 1 fully saturated rings. The summed E-state index contributed by atoms with van der Waals surface area (Å²) in [5, 5.41) is 3.04. The Labute approximate surface area is 148 Å². The second kappa shape index (κ2) is 7.09. The number of para-hydroxylation sites is 1. The number of nitrogens with zero attached hydrogens (tertiary/aromatic N) is 1. The third kappa shape index (κ3) is 3.58. The monoisotopic (exact) mass is 336 g/mol. The van der Waals surface area contributed by atoms with Crippen molar-refractivity contribution in [1.29, 1.82) is 0 Å². The number of rotatable bonds is 4. The summed E-state index contributed by atoms with van der Waals surface area (Å²) in [5.74, 6) is -0.346. The highest BCUT2D eigenvalue weighted by Crippen LogP contribution is 2.31. The lowest BCUT2D eigenvalue weighted by Gasteiger charge is -2.22. The molecule has 4 nitrogen and oxygen atoms in total. The van der Waals surface area contributed by atoms with E-state index in [1.54, 1.807) is 4.90 Å². The molecule has 2 aromatic rings. The summed E-state index contributed by atoms with van der Waals surface area (Å²) in [5.41, 5.74) is 4.13. The predicted octanol–water partition coefficient (Wildman–Crippen LogP) is 3.53. The number of anilines is 1. The molecule has 1 saturated heterocycles. The second-order valence-corrected chi connectivity index (χ2v) is 6.79. The van der Waals surface area contributed by atoms with Crippen LogP contribution in [-0.4, -0.2) is 18.4 Å². The molecule has 0 bridgehead atoms. The Morgan fingerprint density at radius 1 is 1.08 bits per heavy atom. The summed E-state index contributed by atoms with van der Waals surface area (Å²) in [6, 6.07) is 15.8. The predicted molar refractivity (Wildman–Crippen MR) is 99.4 cm³/mol. The molecule has 2 atom stereocenters. The van der Waals surface area contributed by atoms with Crippen LogP contribution < -0.4 is 10.2 Å². The van der Waals surface area contributed by atoms with Crippen LogP contribution in [0, 0.1) is 19.8 Å². The van der Waals surface area contributed by atoms with Gasteiger partial charge in [0.1, 0.15) is 0 Å². The van der Waals surface area contributed by atoms with Gasteiger partial charge in [-0.3, -0.25) is 9.59 Å². The maximum absolute atomic E-state index is 12.6. The van der Waals surface area contributed by atoms with E-state index in [-0.39, 0.29) is 30.2 Å². The van der Waals surface area contributed by atoms with Crippen molar-refractivity contribution < 1.29 is 9.59 Å². The van der Waals surface area contributed by atoms with Gasteiger partial charge in [-0.15, -0.1) is 0 Å². The van der Waals surface area contributed by atoms with Gasteiger partial charge in [0.2, 0.25) is 11.8 Å². The second-order valence-electron chi connectivity index (χ2n) is 6.79. The molecule has 1 aliphatic heterocycles. The highest BCUT2D eigenvalue weighted by Gasteiger charge is 2.36. The quantitative estimate of drug-likeness (QED) is 0.928. The highest BCUT2D eigenvalue weighted by molar-refractivity contribution is 6.01. The zero-order valence-electron chi connectivity index (χ0n) is 15.0. The number of hydrogen-bond donors (Lipinski definition) is 1. The van der Waals surface area contributed by atoms with Crippen LogP contribution in [0.15, 0.2) is 48.5 Å². The Hall–Kier alpha value is -2.62. The molecule has 3 rings (SSSR count).